The van der Waals surface area contributed by atoms with E-state index in [-0.39, 0.29) is 91.3 Å². The van der Waals surface area contributed by atoms with Crippen molar-refractivity contribution < 1.29 is 43.9 Å². The summed E-state index contributed by atoms with van der Waals surface area (Å²) in [5.74, 6) is -6.49. The zero-order valence-corrected chi connectivity index (χ0v) is 64.6. The predicted molar refractivity (Wildman–Crippen MR) is 391 cm³/mol. The van der Waals surface area contributed by atoms with E-state index in [4.69, 9.17) is 0 Å². The highest BCUT2D eigenvalue weighted by molar-refractivity contribution is 4.97. The molecule has 97 heavy (non-hydrogen) atoms. The molecule has 0 N–H and O–H groups in total. The average Bonchev–Trinajstić information content (AvgIpc) is 0.836. The van der Waals surface area contributed by atoms with E-state index in [2.05, 4.69) is 62.3 Å². The van der Waals surface area contributed by atoms with E-state index in [0.29, 0.717) is 29.6 Å². The summed E-state index contributed by atoms with van der Waals surface area (Å²) in [6.45, 7) is 21.6. The van der Waals surface area contributed by atoms with Gasteiger partial charge < -0.3 is 0 Å². The maximum Gasteiger partial charge on any atom is 0.251 e. The first kappa shape index (κ1) is 85.2. The maximum atomic E-state index is 14.5. The molecule has 10 fully saturated rings. The summed E-state index contributed by atoms with van der Waals surface area (Å²) in [5.41, 5.74) is 0. The van der Waals surface area contributed by atoms with Crippen LogP contribution in [0.3, 0.4) is 0 Å². The molecule has 0 aromatic rings. The lowest BCUT2D eigenvalue weighted by molar-refractivity contribution is -0.129. The van der Waals surface area contributed by atoms with Gasteiger partial charge in [-0.25, -0.2) is 43.9 Å². The minimum Gasteiger partial charge on any atom is -0.207 e. The smallest absolute Gasteiger partial charge is 0.207 e. The second-order valence-corrected chi connectivity index (χ2v) is 35.7. The first-order chi connectivity index (χ1) is 46.3. The fourth-order valence-corrected chi connectivity index (χ4v) is 22.8. The fourth-order valence-electron chi connectivity index (χ4n) is 22.8. The summed E-state index contributed by atoms with van der Waals surface area (Å²) in [6, 6.07) is 0. The van der Waals surface area contributed by atoms with E-state index in [9.17, 15) is 43.9 Å². The molecule has 10 atom stereocenters. The average molecular weight is 1390 g/mol. The topological polar surface area (TPSA) is 0 Å². The van der Waals surface area contributed by atoms with Crippen LogP contribution in [-0.2, 0) is 0 Å². The lowest BCUT2D eigenvalue weighted by Crippen LogP contribution is -2.41. The number of hydrogen-bond donors (Lipinski definition) is 0. The van der Waals surface area contributed by atoms with Crippen molar-refractivity contribution in [1.29, 1.82) is 0 Å². The van der Waals surface area contributed by atoms with Crippen LogP contribution in [0.5, 0.6) is 0 Å². The zero-order valence-electron chi connectivity index (χ0n) is 64.6. The van der Waals surface area contributed by atoms with E-state index < -0.39 is 29.6 Å². The van der Waals surface area contributed by atoms with E-state index in [1.807, 2.05) is 6.92 Å². The van der Waals surface area contributed by atoms with Crippen molar-refractivity contribution in [3.8, 4) is 0 Å². The molecule has 10 rings (SSSR count). The second kappa shape index (κ2) is 42.4. The lowest BCUT2D eigenvalue weighted by Gasteiger charge is -2.42. The largest absolute Gasteiger partial charge is 0.251 e. The number of alkyl halides is 10. The minimum atomic E-state index is -2.39. The molecule has 0 aromatic heterocycles. The van der Waals surface area contributed by atoms with Gasteiger partial charge in [0, 0.05) is 61.7 Å². The molecule has 10 aliphatic rings. The fraction of sp³-hybridized carbons (Fsp3) is 1.00. The Morgan fingerprint density at radius 3 is 0.557 bits per heavy atom. The highest BCUT2D eigenvalue weighted by Crippen LogP contribution is 2.56. The van der Waals surface area contributed by atoms with Gasteiger partial charge in [0.05, 0.1) is 0 Å². The molecule has 10 aliphatic carbocycles. The van der Waals surface area contributed by atoms with Crippen LogP contribution < -0.4 is 0 Å². The Morgan fingerprint density at radius 1 is 0.186 bits per heavy atom. The predicted octanol–water partition coefficient (Wildman–Crippen LogP) is 31.1. The van der Waals surface area contributed by atoms with Crippen LogP contribution in [0.15, 0.2) is 0 Å². The quantitative estimate of drug-likeness (QED) is 0.0948. The third-order valence-corrected chi connectivity index (χ3v) is 29.0. The molecule has 0 amide bonds. The number of hydrogen-bond acceptors (Lipinski definition) is 0. The molecular formula is C87H154F10. The Morgan fingerprint density at radius 2 is 0.361 bits per heavy atom. The Kier molecular flexibility index (Phi) is 37.3. The monoisotopic (exact) mass is 1390 g/mol. The number of halogens is 10. The summed E-state index contributed by atoms with van der Waals surface area (Å²) in [4.78, 5) is 0. The molecule has 10 heteroatoms. The van der Waals surface area contributed by atoms with Crippen LogP contribution >= 0.6 is 0 Å². The van der Waals surface area contributed by atoms with Crippen LogP contribution in [-0.4, -0.2) is 29.6 Å². The van der Waals surface area contributed by atoms with E-state index in [1.165, 1.54) is 122 Å². The molecule has 0 radical (unpaired) electrons. The van der Waals surface area contributed by atoms with Crippen LogP contribution in [0.4, 0.5) is 43.9 Å². The molecule has 0 nitrogen and oxygen atoms in total. The Balaban J connectivity index is 0.000000192. The van der Waals surface area contributed by atoms with Crippen molar-refractivity contribution in [1.82, 2.24) is 0 Å². The van der Waals surface area contributed by atoms with Gasteiger partial charge in [-0.05, 0) is 217 Å². The Labute approximate surface area is 592 Å². The van der Waals surface area contributed by atoms with E-state index in [0.717, 1.165) is 209 Å². The van der Waals surface area contributed by atoms with Crippen LogP contribution in [0.25, 0.3) is 0 Å². The number of rotatable bonds is 22. The highest BCUT2D eigenvalue weighted by atomic mass is 19.3. The minimum absolute atomic E-state index is 0.155. The molecule has 0 bridgehead atoms. The zero-order chi connectivity index (χ0) is 70.8. The Hall–Kier alpha value is -0.700. The van der Waals surface area contributed by atoms with Crippen LogP contribution in [0.2, 0.25) is 0 Å². The highest BCUT2D eigenvalue weighted by Gasteiger charge is 2.53. The van der Waals surface area contributed by atoms with E-state index in [1.54, 1.807) is 0 Å². The maximum absolute atomic E-state index is 14.5. The first-order valence-corrected chi connectivity index (χ1v) is 43.2. The summed E-state index contributed by atoms with van der Waals surface area (Å²) in [6.07, 6.45) is 51.8. The molecule has 10 saturated carbocycles. The summed E-state index contributed by atoms with van der Waals surface area (Å²) in [5, 5.41) is 0. The third-order valence-electron chi connectivity index (χ3n) is 29.0. The van der Waals surface area contributed by atoms with Crippen molar-refractivity contribution in [2.75, 3.05) is 0 Å². The molecule has 0 aliphatic heterocycles. The van der Waals surface area contributed by atoms with Crippen LogP contribution in [0.1, 0.15) is 403 Å². The van der Waals surface area contributed by atoms with Gasteiger partial charge >= 0.3 is 0 Å². The summed E-state index contributed by atoms with van der Waals surface area (Å²) in [7, 11) is 0. The SMILES string of the molecule is CCC1CCC(C2CCC(CC)CC2(F)F)CC1.CCCC1CCC(C2CCC(CC)CC2(F)F)CC1.CCCC1CCC(C2CCC(CC)CC2)C(F)(F)C1.CCCC1CCC(C2CCC(CCC)CC2(F)F)CC1.CCCCC1CCC(C2CCC(CCC)CC2(F)F)CC1. The molecule has 0 saturated heterocycles. The summed E-state index contributed by atoms with van der Waals surface area (Å²) < 4.78 is 144. The van der Waals surface area contributed by atoms with Crippen molar-refractivity contribution in [3.63, 3.8) is 0 Å². The number of unbranched alkanes of at least 4 members (excludes halogenated alkanes) is 1. The molecule has 10 unspecified atom stereocenters. The lowest BCUT2D eigenvalue weighted by atomic mass is 9.66. The molecule has 0 heterocycles. The van der Waals surface area contributed by atoms with Gasteiger partial charge in [0.1, 0.15) is 0 Å². The molecule has 572 valence electrons. The Bertz CT molecular complexity index is 2020. The second-order valence-electron chi connectivity index (χ2n) is 35.7. The summed E-state index contributed by atoms with van der Waals surface area (Å²) >= 11 is 0. The molecule has 0 spiro atoms. The van der Waals surface area contributed by atoms with Gasteiger partial charge in [0.2, 0.25) is 0 Å². The standard InChI is InChI=1S/C19H34F2.C18H32F2.2C17H30F2.C16H28F2/c1-3-5-7-15-8-11-17(12-9-15)18-13-10-16(6-4-2)14-19(18,20)21;1-3-5-14-7-10-16(11-8-14)17-12-9-15(6-4-2)13-18(17,19)20;1-3-5-14-6-9-15(10-7-14)16-11-8-13(4-2)12-17(16,18)19;1-3-5-14-8-11-16(17(18,19)12-14)15-9-6-13(4-2)7-10-15;1-3-12-5-8-14(9-6-12)15-10-7-13(4-2)11-16(15,17)18/h15-18H,3-14H2,1-2H3;14-17H,3-13H2,1-2H3;2*13-16H,3-12H2,1-2H3;12-15H,3-11H2,1-2H3. The van der Waals surface area contributed by atoms with Crippen molar-refractivity contribution in [3.05, 3.63) is 0 Å². The first-order valence-electron chi connectivity index (χ1n) is 43.2. The van der Waals surface area contributed by atoms with Gasteiger partial charge in [-0.3, -0.25) is 0 Å². The van der Waals surface area contributed by atoms with Gasteiger partial charge in [0.25, 0.3) is 29.6 Å². The van der Waals surface area contributed by atoms with E-state index >= 15 is 0 Å². The normalized spacial score (nSPS) is 38.6. The third kappa shape index (κ3) is 26.7. The molecule has 0 aromatic carbocycles. The molecular weight excluding hydrogens is 1230 g/mol. The van der Waals surface area contributed by atoms with Crippen molar-refractivity contribution >= 4 is 0 Å². The van der Waals surface area contributed by atoms with Gasteiger partial charge in [-0.15, -0.1) is 0 Å². The van der Waals surface area contributed by atoms with Crippen molar-refractivity contribution in [2.45, 2.75) is 433 Å². The van der Waals surface area contributed by atoms with Crippen molar-refractivity contribution in [2.24, 2.45) is 118 Å². The van der Waals surface area contributed by atoms with Gasteiger partial charge in [-0.1, -0.05) is 243 Å². The van der Waals surface area contributed by atoms with Gasteiger partial charge in [0.15, 0.2) is 0 Å². The van der Waals surface area contributed by atoms with Crippen LogP contribution in [0, 0.1) is 118 Å². The van der Waals surface area contributed by atoms with Gasteiger partial charge in [-0.2, -0.15) is 0 Å².